The average molecular weight is 443 g/mol. The van der Waals surface area contributed by atoms with Gasteiger partial charge in [-0.15, -0.1) is 0 Å². The fourth-order valence-corrected chi connectivity index (χ4v) is 3.88. The van der Waals surface area contributed by atoms with Crippen LogP contribution < -0.4 is 10.6 Å². The quantitative estimate of drug-likeness (QED) is 0.659. The smallest absolute Gasteiger partial charge is 0.222 e. The zero-order chi connectivity index (χ0) is 22.2. The van der Waals surface area contributed by atoms with Crippen molar-refractivity contribution < 1.29 is 9.59 Å². The summed E-state index contributed by atoms with van der Waals surface area (Å²) < 4.78 is 0. The summed E-state index contributed by atoms with van der Waals surface area (Å²) in [6.07, 6.45) is 0.169. The van der Waals surface area contributed by atoms with E-state index in [4.69, 9.17) is 11.6 Å². The summed E-state index contributed by atoms with van der Waals surface area (Å²) in [5.74, 6) is -0.289. The third kappa shape index (κ3) is 7.65. The summed E-state index contributed by atoms with van der Waals surface area (Å²) in [6.45, 7) is 7.18. The number of carbonyl (C=O) groups is 2. The number of hydrogen-bond acceptors (Lipinski definition) is 4. The van der Waals surface area contributed by atoms with Crippen LogP contribution in [0, 0.1) is 0 Å². The average Bonchev–Trinajstić information content (AvgIpc) is 2.74. The van der Waals surface area contributed by atoms with Crippen molar-refractivity contribution in [1.29, 1.82) is 0 Å². The van der Waals surface area contributed by atoms with Gasteiger partial charge in [-0.3, -0.25) is 14.5 Å². The molecule has 1 unspecified atom stereocenters. The van der Waals surface area contributed by atoms with Crippen molar-refractivity contribution in [1.82, 2.24) is 20.4 Å². The molecule has 2 amide bonds. The fourth-order valence-electron chi connectivity index (χ4n) is 3.75. The number of benzene rings is 2. The van der Waals surface area contributed by atoms with Gasteiger partial charge < -0.3 is 15.5 Å². The number of nitrogens with zero attached hydrogens (tertiary/aromatic N) is 2. The number of carbonyl (C=O) groups excluding carboxylic acids is 2. The Labute approximate surface area is 189 Å². The first-order chi connectivity index (χ1) is 14.9. The molecule has 1 atom stereocenters. The van der Waals surface area contributed by atoms with Gasteiger partial charge in [-0.2, -0.15) is 0 Å². The van der Waals surface area contributed by atoms with E-state index in [1.807, 2.05) is 24.3 Å². The number of piperazine rings is 1. The van der Waals surface area contributed by atoms with Crippen molar-refractivity contribution in [2.45, 2.75) is 32.5 Å². The number of halogens is 1. The molecular weight excluding hydrogens is 412 g/mol. The maximum absolute atomic E-state index is 12.6. The van der Waals surface area contributed by atoms with Crippen molar-refractivity contribution in [3.8, 4) is 0 Å². The van der Waals surface area contributed by atoms with Crippen LogP contribution in [0.4, 0.5) is 0 Å². The molecule has 166 valence electrons. The van der Waals surface area contributed by atoms with Crippen LogP contribution in [0.2, 0.25) is 5.02 Å². The lowest BCUT2D eigenvalue weighted by Gasteiger charge is -2.32. The highest BCUT2D eigenvalue weighted by Crippen LogP contribution is 2.20. The van der Waals surface area contributed by atoms with Gasteiger partial charge >= 0.3 is 0 Å². The molecule has 2 aromatic carbocycles. The van der Waals surface area contributed by atoms with E-state index in [-0.39, 0.29) is 18.2 Å². The Bertz CT molecular complexity index is 879. The maximum Gasteiger partial charge on any atom is 0.222 e. The van der Waals surface area contributed by atoms with E-state index in [1.165, 1.54) is 12.5 Å². The van der Waals surface area contributed by atoms with Crippen LogP contribution in [-0.2, 0) is 22.7 Å². The van der Waals surface area contributed by atoms with Gasteiger partial charge in [0.15, 0.2) is 0 Å². The summed E-state index contributed by atoms with van der Waals surface area (Å²) in [4.78, 5) is 29.0. The second kappa shape index (κ2) is 11.3. The number of amides is 2. The summed E-state index contributed by atoms with van der Waals surface area (Å²) in [5.41, 5.74) is 3.18. The monoisotopic (exact) mass is 442 g/mol. The molecule has 7 heteroatoms. The van der Waals surface area contributed by atoms with Crippen LogP contribution in [0.3, 0.4) is 0 Å². The second-order valence-electron chi connectivity index (χ2n) is 8.18. The number of hydrogen-bond donors (Lipinski definition) is 2. The summed E-state index contributed by atoms with van der Waals surface area (Å²) >= 11 is 5.95. The Kier molecular flexibility index (Phi) is 8.46. The minimum absolute atomic E-state index is 0.113. The molecule has 0 spiro atoms. The molecule has 0 aliphatic carbocycles. The van der Waals surface area contributed by atoms with Crippen LogP contribution in [0.5, 0.6) is 0 Å². The van der Waals surface area contributed by atoms with Crippen LogP contribution >= 0.6 is 11.6 Å². The first-order valence-corrected chi connectivity index (χ1v) is 11.0. The van der Waals surface area contributed by atoms with Crippen molar-refractivity contribution in [3.05, 3.63) is 70.2 Å². The van der Waals surface area contributed by atoms with Gasteiger partial charge in [0, 0.05) is 51.2 Å². The maximum atomic E-state index is 12.6. The van der Waals surface area contributed by atoms with Gasteiger partial charge in [-0.25, -0.2) is 0 Å². The Morgan fingerprint density at radius 2 is 1.71 bits per heavy atom. The van der Waals surface area contributed by atoms with E-state index in [1.54, 1.807) is 12.1 Å². The van der Waals surface area contributed by atoms with Crippen molar-refractivity contribution in [2.75, 3.05) is 33.2 Å². The minimum atomic E-state index is -0.390. The SMILES string of the molecule is CC(=O)NC(CC(=O)NCc1cccc(CN2CCN(C)CC2)c1)c1ccc(Cl)cc1. The fraction of sp³-hybridized carbons (Fsp3) is 0.417. The highest BCUT2D eigenvalue weighted by molar-refractivity contribution is 6.30. The van der Waals surface area contributed by atoms with Crippen molar-refractivity contribution in [2.24, 2.45) is 0 Å². The van der Waals surface area contributed by atoms with Gasteiger partial charge in [0.05, 0.1) is 12.5 Å². The van der Waals surface area contributed by atoms with Crippen LogP contribution in [0.25, 0.3) is 0 Å². The number of nitrogens with one attached hydrogen (secondary N) is 2. The van der Waals surface area contributed by atoms with Crippen LogP contribution in [0.1, 0.15) is 36.1 Å². The van der Waals surface area contributed by atoms with Crippen LogP contribution in [-0.4, -0.2) is 54.8 Å². The largest absolute Gasteiger partial charge is 0.352 e. The zero-order valence-corrected chi connectivity index (χ0v) is 19.0. The van der Waals surface area contributed by atoms with Crippen LogP contribution in [0.15, 0.2) is 48.5 Å². The molecule has 3 rings (SSSR count). The molecule has 2 N–H and O–H groups in total. The van der Waals surface area contributed by atoms with Gasteiger partial charge in [0.1, 0.15) is 0 Å². The second-order valence-corrected chi connectivity index (χ2v) is 8.62. The Morgan fingerprint density at radius 1 is 1.03 bits per heavy atom. The van der Waals surface area contributed by atoms with E-state index in [9.17, 15) is 9.59 Å². The number of rotatable bonds is 8. The minimum Gasteiger partial charge on any atom is -0.352 e. The highest BCUT2D eigenvalue weighted by atomic mass is 35.5. The van der Waals surface area contributed by atoms with Crippen molar-refractivity contribution >= 4 is 23.4 Å². The molecule has 1 heterocycles. The van der Waals surface area contributed by atoms with E-state index >= 15 is 0 Å². The molecule has 2 aromatic rings. The number of likely N-dealkylation sites (N-methyl/N-ethyl adjacent to an activating group) is 1. The lowest BCUT2D eigenvalue weighted by molar-refractivity contribution is -0.122. The molecule has 1 aliphatic rings. The highest BCUT2D eigenvalue weighted by Gasteiger charge is 2.17. The van der Waals surface area contributed by atoms with Gasteiger partial charge in [-0.1, -0.05) is 48.0 Å². The van der Waals surface area contributed by atoms with E-state index < -0.39 is 6.04 Å². The topological polar surface area (TPSA) is 64.7 Å². The molecule has 0 bridgehead atoms. The Hall–Kier alpha value is -2.41. The third-order valence-electron chi connectivity index (χ3n) is 5.52. The molecule has 31 heavy (non-hydrogen) atoms. The zero-order valence-electron chi connectivity index (χ0n) is 18.2. The molecule has 0 aromatic heterocycles. The first-order valence-electron chi connectivity index (χ1n) is 10.7. The lowest BCUT2D eigenvalue weighted by atomic mass is 10.0. The molecule has 1 saturated heterocycles. The van der Waals surface area contributed by atoms with E-state index in [0.717, 1.165) is 43.9 Å². The standard InChI is InChI=1S/C24H31ClN4O2/c1-18(30)27-23(21-6-8-22(25)9-7-21)15-24(31)26-16-19-4-3-5-20(14-19)17-29-12-10-28(2)11-13-29/h3-9,14,23H,10-13,15-17H2,1-2H3,(H,26,31)(H,27,30). The van der Waals surface area contributed by atoms with E-state index in [2.05, 4.69) is 39.6 Å². The summed E-state index contributed by atoms with van der Waals surface area (Å²) in [7, 11) is 2.16. The molecule has 0 radical (unpaired) electrons. The lowest BCUT2D eigenvalue weighted by Crippen LogP contribution is -2.43. The molecule has 6 nitrogen and oxygen atoms in total. The van der Waals surface area contributed by atoms with Gasteiger partial charge in [0.2, 0.25) is 11.8 Å². The molecule has 0 saturated carbocycles. The van der Waals surface area contributed by atoms with Gasteiger partial charge in [-0.05, 0) is 35.9 Å². The Morgan fingerprint density at radius 3 is 2.39 bits per heavy atom. The first kappa shape index (κ1) is 23.3. The summed E-state index contributed by atoms with van der Waals surface area (Å²) in [6, 6.07) is 15.2. The van der Waals surface area contributed by atoms with Crippen molar-refractivity contribution in [3.63, 3.8) is 0 Å². The third-order valence-corrected chi connectivity index (χ3v) is 5.77. The molecule has 1 aliphatic heterocycles. The Balaban J connectivity index is 1.54. The molecule has 1 fully saturated rings. The predicted octanol–water partition coefficient (Wildman–Crippen LogP) is 2.97. The van der Waals surface area contributed by atoms with Gasteiger partial charge in [0.25, 0.3) is 0 Å². The summed E-state index contributed by atoms with van der Waals surface area (Å²) in [5, 5.41) is 6.45. The van der Waals surface area contributed by atoms with E-state index in [0.29, 0.717) is 11.6 Å². The normalized spacial score (nSPS) is 16.0. The molecular formula is C24H31ClN4O2. The predicted molar refractivity (Wildman–Crippen MR) is 124 cm³/mol.